The summed E-state index contributed by atoms with van der Waals surface area (Å²) in [5.41, 5.74) is -1.48. The molecule has 1 aromatic heterocycles. The molecule has 0 aliphatic heterocycles. The molecule has 1 atom stereocenters. The van der Waals surface area contributed by atoms with Gasteiger partial charge in [-0.1, -0.05) is 0 Å². The summed E-state index contributed by atoms with van der Waals surface area (Å²) in [5, 5.41) is 12.7. The van der Waals surface area contributed by atoms with Crippen LogP contribution in [0.2, 0.25) is 0 Å². The topological polar surface area (TPSA) is 58.6 Å². The summed E-state index contributed by atoms with van der Waals surface area (Å²) in [4.78, 5) is 12.3. The van der Waals surface area contributed by atoms with E-state index in [2.05, 4.69) is 26.0 Å². The van der Waals surface area contributed by atoms with Crippen molar-refractivity contribution in [2.75, 3.05) is 13.7 Å². The van der Waals surface area contributed by atoms with Gasteiger partial charge in [-0.3, -0.25) is 0 Å². The molecule has 16 heavy (non-hydrogen) atoms. The zero-order chi connectivity index (χ0) is 12.2. The third-order valence-electron chi connectivity index (χ3n) is 2.02. The van der Waals surface area contributed by atoms with E-state index in [-0.39, 0.29) is 6.54 Å². The van der Waals surface area contributed by atoms with Gasteiger partial charge in [0.05, 0.1) is 10.9 Å². The van der Waals surface area contributed by atoms with Gasteiger partial charge >= 0.3 is 5.97 Å². The lowest BCUT2D eigenvalue weighted by atomic mass is 10.1. The maximum atomic E-state index is 11.2. The van der Waals surface area contributed by atoms with Crippen molar-refractivity contribution in [3.8, 4) is 0 Å². The molecule has 0 saturated carbocycles. The van der Waals surface area contributed by atoms with Crippen LogP contribution in [0.4, 0.5) is 0 Å². The number of ether oxygens (including phenoxy) is 1. The van der Waals surface area contributed by atoms with E-state index in [4.69, 9.17) is 0 Å². The predicted octanol–water partition coefficient (Wildman–Crippen LogP) is 1.52. The number of carbonyl (C=O) groups excluding carboxylic acids is 1. The molecule has 4 nitrogen and oxygen atoms in total. The van der Waals surface area contributed by atoms with Crippen molar-refractivity contribution >= 4 is 33.2 Å². The molecule has 0 saturated heterocycles. The highest BCUT2D eigenvalue weighted by Crippen LogP contribution is 2.21. The minimum absolute atomic E-state index is 0.162. The lowest BCUT2D eigenvalue weighted by molar-refractivity contribution is -0.159. The molecule has 1 rings (SSSR count). The molecule has 0 aromatic carbocycles. The van der Waals surface area contributed by atoms with Crippen molar-refractivity contribution in [1.82, 2.24) is 5.32 Å². The SMILES string of the molecule is COC(=O)C(C)(O)CNCc1ccc(Br)s1. The lowest BCUT2D eigenvalue weighted by Gasteiger charge is -2.20. The molecule has 0 amide bonds. The van der Waals surface area contributed by atoms with Crippen molar-refractivity contribution in [3.05, 3.63) is 20.8 Å². The zero-order valence-electron chi connectivity index (χ0n) is 9.12. The summed E-state index contributed by atoms with van der Waals surface area (Å²) in [6, 6.07) is 3.94. The highest BCUT2D eigenvalue weighted by Gasteiger charge is 2.30. The first-order valence-corrected chi connectivity index (χ1v) is 6.32. The molecular formula is C10H14BrNO3S. The van der Waals surface area contributed by atoms with E-state index in [1.807, 2.05) is 12.1 Å². The maximum Gasteiger partial charge on any atom is 0.338 e. The van der Waals surface area contributed by atoms with Crippen molar-refractivity contribution in [2.45, 2.75) is 19.1 Å². The molecule has 0 spiro atoms. The Hall–Kier alpha value is -0.430. The number of methoxy groups -OCH3 is 1. The number of esters is 1. The number of halogens is 1. The molecule has 0 bridgehead atoms. The molecule has 0 radical (unpaired) electrons. The molecule has 90 valence electrons. The highest BCUT2D eigenvalue weighted by molar-refractivity contribution is 9.11. The largest absolute Gasteiger partial charge is 0.467 e. The van der Waals surface area contributed by atoms with Crippen LogP contribution in [0.25, 0.3) is 0 Å². The summed E-state index contributed by atoms with van der Waals surface area (Å²) in [7, 11) is 1.26. The van der Waals surface area contributed by atoms with Gasteiger partial charge in [0.2, 0.25) is 0 Å². The van der Waals surface area contributed by atoms with Gasteiger partial charge in [-0.15, -0.1) is 11.3 Å². The van der Waals surface area contributed by atoms with Crippen molar-refractivity contribution in [3.63, 3.8) is 0 Å². The van der Waals surface area contributed by atoms with Crippen LogP contribution in [0.1, 0.15) is 11.8 Å². The van der Waals surface area contributed by atoms with Crippen LogP contribution in [0.15, 0.2) is 15.9 Å². The molecule has 0 aliphatic carbocycles. The third-order valence-corrected chi connectivity index (χ3v) is 3.65. The average Bonchev–Trinajstić information content (AvgIpc) is 2.62. The molecular weight excluding hydrogens is 294 g/mol. The Kier molecular flexibility index (Phi) is 4.91. The van der Waals surface area contributed by atoms with E-state index < -0.39 is 11.6 Å². The molecule has 1 unspecified atom stereocenters. The van der Waals surface area contributed by atoms with E-state index in [1.165, 1.54) is 14.0 Å². The van der Waals surface area contributed by atoms with Crippen molar-refractivity contribution in [1.29, 1.82) is 0 Å². The van der Waals surface area contributed by atoms with Gasteiger partial charge in [0, 0.05) is 18.0 Å². The number of hydrogen-bond acceptors (Lipinski definition) is 5. The van der Waals surface area contributed by atoms with Crippen LogP contribution in [0.5, 0.6) is 0 Å². The number of carbonyl (C=O) groups is 1. The van der Waals surface area contributed by atoms with Gasteiger partial charge in [-0.25, -0.2) is 4.79 Å². The van der Waals surface area contributed by atoms with Gasteiger partial charge in [0.1, 0.15) is 0 Å². The number of rotatable bonds is 5. The van der Waals surface area contributed by atoms with Gasteiger partial charge < -0.3 is 15.2 Å². The fraction of sp³-hybridized carbons (Fsp3) is 0.500. The Morgan fingerprint density at radius 1 is 1.69 bits per heavy atom. The van der Waals surface area contributed by atoms with Gasteiger partial charge in [-0.05, 0) is 35.0 Å². The first-order valence-electron chi connectivity index (χ1n) is 4.71. The third kappa shape index (κ3) is 3.86. The highest BCUT2D eigenvalue weighted by atomic mass is 79.9. The Morgan fingerprint density at radius 2 is 2.38 bits per heavy atom. The number of nitrogens with one attached hydrogen (secondary N) is 1. The second-order valence-corrected chi connectivity index (χ2v) is 6.12. The molecule has 6 heteroatoms. The van der Waals surface area contributed by atoms with Crippen molar-refractivity contribution < 1.29 is 14.6 Å². The minimum Gasteiger partial charge on any atom is -0.467 e. The van der Waals surface area contributed by atoms with Crippen LogP contribution in [-0.4, -0.2) is 30.3 Å². The number of aliphatic hydroxyl groups is 1. The standard InChI is InChI=1S/C10H14BrNO3S/c1-10(14,9(13)15-2)6-12-5-7-3-4-8(11)16-7/h3-4,12,14H,5-6H2,1-2H3. The number of hydrogen-bond donors (Lipinski definition) is 2. The Morgan fingerprint density at radius 3 is 2.88 bits per heavy atom. The zero-order valence-corrected chi connectivity index (χ0v) is 11.5. The fourth-order valence-electron chi connectivity index (χ4n) is 1.17. The number of thiophene rings is 1. The van der Waals surface area contributed by atoms with E-state index in [9.17, 15) is 9.90 Å². The van der Waals surface area contributed by atoms with Crippen LogP contribution in [0.3, 0.4) is 0 Å². The van der Waals surface area contributed by atoms with Crippen LogP contribution < -0.4 is 5.32 Å². The Bertz CT molecular complexity index is 365. The van der Waals surface area contributed by atoms with Gasteiger partial charge in [0.25, 0.3) is 0 Å². The summed E-state index contributed by atoms with van der Waals surface area (Å²) >= 11 is 4.97. The molecule has 0 fully saturated rings. The minimum atomic E-state index is -1.48. The second kappa shape index (κ2) is 5.77. The quantitative estimate of drug-likeness (QED) is 0.810. The predicted molar refractivity (Wildman–Crippen MR) is 66.4 cm³/mol. The van der Waals surface area contributed by atoms with Gasteiger partial charge in [0.15, 0.2) is 5.60 Å². The lowest BCUT2D eigenvalue weighted by Crippen LogP contribution is -2.45. The van der Waals surface area contributed by atoms with Crippen LogP contribution >= 0.6 is 27.3 Å². The normalized spacial score (nSPS) is 14.5. The molecule has 0 aliphatic rings. The van der Waals surface area contributed by atoms with Crippen molar-refractivity contribution in [2.24, 2.45) is 0 Å². The van der Waals surface area contributed by atoms with E-state index >= 15 is 0 Å². The van der Waals surface area contributed by atoms with Gasteiger partial charge in [-0.2, -0.15) is 0 Å². The van der Waals surface area contributed by atoms with Crippen LogP contribution in [-0.2, 0) is 16.1 Å². The fourth-order valence-corrected chi connectivity index (χ4v) is 2.62. The first kappa shape index (κ1) is 13.6. The summed E-state index contributed by atoms with van der Waals surface area (Å²) in [5.74, 6) is -0.632. The average molecular weight is 308 g/mol. The second-order valence-electron chi connectivity index (χ2n) is 3.57. The Labute approximate surface area is 107 Å². The van der Waals surface area contributed by atoms with E-state index in [0.29, 0.717) is 6.54 Å². The maximum absolute atomic E-state index is 11.2. The monoisotopic (exact) mass is 307 g/mol. The molecule has 1 heterocycles. The summed E-state index contributed by atoms with van der Waals surface area (Å²) < 4.78 is 5.55. The van der Waals surface area contributed by atoms with E-state index in [1.54, 1.807) is 11.3 Å². The summed E-state index contributed by atoms with van der Waals surface area (Å²) in [6.45, 7) is 2.20. The van der Waals surface area contributed by atoms with E-state index in [0.717, 1.165) is 8.66 Å². The molecule has 1 aromatic rings. The Balaban J connectivity index is 2.38. The smallest absolute Gasteiger partial charge is 0.338 e. The summed E-state index contributed by atoms with van der Waals surface area (Å²) in [6.07, 6.45) is 0. The molecule has 2 N–H and O–H groups in total. The first-order chi connectivity index (χ1) is 7.45. The van der Waals surface area contributed by atoms with Crippen LogP contribution in [0, 0.1) is 0 Å².